The van der Waals surface area contributed by atoms with Gasteiger partial charge < -0.3 is 9.64 Å². The standard InChI is InChI=1S/C19H16N2O3S/c1-20-16(12-13-8-10-14(11-9-13)18(23)24-2)17(22)21(19(20)25)15-6-4-3-5-7-15/h3-12H,1-2H3/b16-12+. The van der Waals surface area contributed by atoms with Crippen LogP contribution in [0.1, 0.15) is 15.9 Å². The zero-order chi connectivity index (χ0) is 18.0. The van der Waals surface area contributed by atoms with E-state index in [2.05, 4.69) is 4.74 Å². The average molecular weight is 352 g/mol. The molecule has 1 fully saturated rings. The fraction of sp³-hybridized carbons (Fsp3) is 0.105. The van der Waals surface area contributed by atoms with Crippen molar-refractivity contribution in [3.63, 3.8) is 0 Å². The van der Waals surface area contributed by atoms with Crippen LogP contribution in [-0.4, -0.2) is 36.0 Å². The molecular weight excluding hydrogens is 336 g/mol. The van der Waals surface area contributed by atoms with Gasteiger partial charge in [0.05, 0.1) is 18.4 Å². The number of hydrogen-bond donors (Lipinski definition) is 0. The van der Waals surface area contributed by atoms with Crippen molar-refractivity contribution in [2.45, 2.75) is 0 Å². The maximum Gasteiger partial charge on any atom is 0.337 e. The molecular formula is C19H16N2O3S. The topological polar surface area (TPSA) is 49.9 Å². The van der Waals surface area contributed by atoms with E-state index in [4.69, 9.17) is 12.2 Å². The Morgan fingerprint density at radius 2 is 1.72 bits per heavy atom. The predicted molar refractivity (Wildman–Crippen MR) is 100 cm³/mol. The summed E-state index contributed by atoms with van der Waals surface area (Å²) >= 11 is 5.42. The van der Waals surface area contributed by atoms with Gasteiger partial charge in [-0.3, -0.25) is 9.69 Å². The van der Waals surface area contributed by atoms with Crippen LogP contribution >= 0.6 is 12.2 Å². The first kappa shape index (κ1) is 16.9. The summed E-state index contributed by atoms with van der Waals surface area (Å²) < 4.78 is 4.68. The SMILES string of the molecule is COC(=O)c1ccc(/C=C2\C(=O)N(c3ccccc3)C(=S)N2C)cc1. The van der Waals surface area contributed by atoms with E-state index in [9.17, 15) is 9.59 Å². The lowest BCUT2D eigenvalue weighted by molar-refractivity contribution is -0.114. The summed E-state index contributed by atoms with van der Waals surface area (Å²) in [5.74, 6) is -0.583. The first-order valence-corrected chi connectivity index (χ1v) is 8.01. The number of para-hydroxylation sites is 1. The number of anilines is 1. The number of carbonyl (C=O) groups is 2. The van der Waals surface area contributed by atoms with Gasteiger partial charge in [0.2, 0.25) is 0 Å². The largest absolute Gasteiger partial charge is 0.465 e. The van der Waals surface area contributed by atoms with Crippen LogP contribution in [-0.2, 0) is 9.53 Å². The summed E-state index contributed by atoms with van der Waals surface area (Å²) in [5.41, 5.74) is 2.45. The van der Waals surface area contributed by atoms with Gasteiger partial charge in [0.1, 0.15) is 5.70 Å². The normalized spacial score (nSPS) is 15.8. The Morgan fingerprint density at radius 1 is 1.08 bits per heavy atom. The van der Waals surface area contributed by atoms with Crippen LogP contribution in [0.25, 0.3) is 6.08 Å². The lowest BCUT2D eigenvalue weighted by Crippen LogP contribution is -2.30. The van der Waals surface area contributed by atoms with E-state index >= 15 is 0 Å². The summed E-state index contributed by atoms with van der Waals surface area (Å²) in [6, 6.07) is 16.1. The van der Waals surface area contributed by atoms with Crippen molar-refractivity contribution in [3.05, 3.63) is 71.4 Å². The molecule has 1 aliphatic heterocycles. The number of ether oxygens (including phenoxy) is 1. The number of benzene rings is 2. The zero-order valence-corrected chi connectivity index (χ0v) is 14.6. The van der Waals surface area contributed by atoms with Crippen molar-refractivity contribution in [2.24, 2.45) is 0 Å². The molecule has 6 heteroatoms. The third-order valence-electron chi connectivity index (χ3n) is 3.91. The second-order valence-electron chi connectivity index (χ2n) is 5.46. The van der Waals surface area contributed by atoms with Crippen LogP contribution in [0, 0.1) is 0 Å². The molecule has 0 N–H and O–H groups in total. The van der Waals surface area contributed by atoms with E-state index in [0.717, 1.165) is 11.3 Å². The number of likely N-dealkylation sites (N-methyl/N-ethyl adjacent to an activating group) is 1. The van der Waals surface area contributed by atoms with E-state index in [1.165, 1.54) is 12.0 Å². The summed E-state index contributed by atoms with van der Waals surface area (Å²) in [6.45, 7) is 0. The number of esters is 1. The molecule has 25 heavy (non-hydrogen) atoms. The van der Waals surface area contributed by atoms with Crippen LogP contribution in [0.2, 0.25) is 0 Å². The highest BCUT2D eigenvalue weighted by atomic mass is 32.1. The lowest BCUT2D eigenvalue weighted by Gasteiger charge is -2.16. The van der Waals surface area contributed by atoms with E-state index in [1.807, 2.05) is 30.3 Å². The van der Waals surface area contributed by atoms with Crippen molar-refractivity contribution in [2.75, 3.05) is 19.1 Å². The minimum Gasteiger partial charge on any atom is -0.465 e. The van der Waals surface area contributed by atoms with Crippen molar-refractivity contribution >= 4 is 41.0 Å². The highest BCUT2D eigenvalue weighted by molar-refractivity contribution is 7.80. The molecule has 0 saturated carbocycles. The molecule has 2 aromatic rings. The molecule has 2 aromatic carbocycles. The Labute approximate surface area is 151 Å². The number of amides is 1. The van der Waals surface area contributed by atoms with Gasteiger partial charge >= 0.3 is 5.97 Å². The van der Waals surface area contributed by atoms with Crippen molar-refractivity contribution in [1.29, 1.82) is 0 Å². The van der Waals surface area contributed by atoms with Crippen LogP contribution in [0.3, 0.4) is 0 Å². The summed E-state index contributed by atoms with van der Waals surface area (Å²) in [6.07, 6.45) is 1.75. The summed E-state index contributed by atoms with van der Waals surface area (Å²) in [4.78, 5) is 27.5. The van der Waals surface area contributed by atoms with E-state index in [-0.39, 0.29) is 5.91 Å². The quantitative estimate of drug-likeness (QED) is 0.483. The van der Waals surface area contributed by atoms with Gasteiger partial charge in [-0.1, -0.05) is 30.3 Å². The average Bonchev–Trinajstić information content (AvgIpc) is 2.86. The molecule has 3 rings (SSSR count). The molecule has 1 aliphatic rings. The van der Waals surface area contributed by atoms with Crippen LogP contribution in [0.15, 0.2) is 60.3 Å². The van der Waals surface area contributed by atoms with Crippen molar-refractivity contribution in [1.82, 2.24) is 4.90 Å². The molecule has 0 unspecified atom stereocenters. The first-order valence-electron chi connectivity index (χ1n) is 7.60. The Balaban J connectivity index is 1.92. The molecule has 5 nitrogen and oxygen atoms in total. The monoisotopic (exact) mass is 352 g/mol. The van der Waals surface area contributed by atoms with Crippen LogP contribution in [0.4, 0.5) is 5.69 Å². The molecule has 126 valence electrons. The molecule has 1 saturated heterocycles. The minimum absolute atomic E-state index is 0.184. The second-order valence-corrected chi connectivity index (χ2v) is 5.83. The fourth-order valence-electron chi connectivity index (χ4n) is 2.55. The lowest BCUT2D eigenvalue weighted by atomic mass is 10.1. The first-order chi connectivity index (χ1) is 12.0. The predicted octanol–water partition coefficient (Wildman–Crippen LogP) is 3.08. The van der Waals surface area contributed by atoms with Gasteiger partial charge in [-0.15, -0.1) is 0 Å². The Morgan fingerprint density at radius 3 is 2.32 bits per heavy atom. The summed E-state index contributed by atoms with van der Waals surface area (Å²) in [5, 5.41) is 0.425. The molecule has 1 heterocycles. The number of methoxy groups -OCH3 is 1. The van der Waals surface area contributed by atoms with E-state index in [0.29, 0.717) is 16.4 Å². The molecule has 0 bridgehead atoms. The minimum atomic E-state index is -0.398. The second kappa shape index (κ2) is 6.86. The molecule has 0 aliphatic carbocycles. The highest BCUT2D eigenvalue weighted by Gasteiger charge is 2.36. The van der Waals surface area contributed by atoms with Gasteiger partial charge in [0.25, 0.3) is 5.91 Å². The molecule has 1 amide bonds. The number of thiocarbonyl (C=S) groups is 1. The summed E-state index contributed by atoms with van der Waals surface area (Å²) in [7, 11) is 3.10. The van der Waals surface area contributed by atoms with Crippen molar-refractivity contribution in [3.8, 4) is 0 Å². The van der Waals surface area contributed by atoms with Gasteiger partial charge in [-0.2, -0.15) is 0 Å². The van der Waals surface area contributed by atoms with E-state index < -0.39 is 5.97 Å². The van der Waals surface area contributed by atoms with Gasteiger partial charge in [-0.25, -0.2) is 4.79 Å². The van der Waals surface area contributed by atoms with Gasteiger partial charge in [0, 0.05) is 7.05 Å². The number of hydrogen-bond acceptors (Lipinski definition) is 4. The Bertz CT molecular complexity index is 860. The van der Waals surface area contributed by atoms with Crippen LogP contribution < -0.4 is 4.90 Å². The molecule has 0 radical (unpaired) electrons. The fourth-order valence-corrected chi connectivity index (χ4v) is 2.84. The Hall–Kier alpha value is -2.99. The molecule has 0 atom stereocenters. The zero-order valence-electron chi connectivity index (χ0n) is 13.8. The molecule has 0 spiro atoms. The van der Waals surface area contributed by atoms with Crippen LogP contribution in [0.5, 0.6) is 0 Å². The number of carbonyl (C=O) groups excluding carboxylic acids is 2. The third-order valence-corrected chi connectivity index (χ3v) is 4.37. The number of nitrogens with zero attached hydrogens (tertiary/aromatic N) is 2. The maximum atomic E-state index is 12.8. The van der Waals surface area contributed by atoms with E-state index in [1.54, 1.807) is 42.3 Å². The van der Waals surface area contributed by atoms with Crippen molar-refractivity contribution < 1.29 is 14.3 Å². The Kier molecular flexibility index (Phi) is 4.63. The third kappa shape index (κ3) is 3.16. The molecule has 0 aromatic heterocycles. The highest BCUT2D eigenvalue weighted by Crippen LogP contribution is 2.27. The smallest absolute Gasteiger partial charge is 0.337 e. The van der Waals surface area contributed by atoms with Gasteiger partial charge in [0.15, 0.2) is 5.11 Å². The maximum absolute atomic E-state index is 12.8. The van der Waals surface area contributed by atoms with Gasteiger partial charge in [-0.05, 0) is 48.1 Å². The number of rotatable bonds is 3.